The predicted molar refractivity (Wildman–Crippen MR) is 78.8 cm³/mol. The Balaban J connectivity index is 2.56. The van der Waals surface area contributed by atoms with Gasteiger partial charge in [-0.25, -0.2) is 0 Å². The molecule has 0 aromatic heterocycles. The van der Waals surface area contributed by atoms with Crippen LogP contribution in [-0.2, 0) is 14.3 Å². The monoisotopic (exact) mass is 289 g/mol. The highest BCUT2D eigenvalue weighted by atomic mass is 16.5. The highest BCUT2D eigenvalue weighted by Crippen LogP contribution is 2.11. The first-order valence-corrected chi connectivity index (χ1v) is 6.63. The molecule has 0 aliphatic heterocycles. The number of amides is 1. The Bertz CT molecular complexity index is 557. The van der Waals surface area contributed by atoms with Crippen LogP contribution < -0.4 is 4.74 Å². The third kappa shape index (κ3) is 6.00. The molecule has 1 rings (SSSR count). The van der Waals surface area contributed by atoms with Gasteiger partial charge in [-0.05, 0) is 25.1 Å². The number of ether oxygens (including phenoxy) is 2. The van der Waals surface area contributed by atoms with Crippen molar-refractivity contribution in [2.75, 3.05) is 27.3 Å². The van der Waals surface area contributed by atoms with Crippen LogP contribution in [0.1, 0.15) is 18.9 Å². The number of esters is 1. The van der Waals surface area contributed by atoms with Gasteiger partial charge in [-0.2, -0.15) is 0 Å². The van der Waals surface area contributed by atoms with Crippen molar-refractivity contribution in [1.82, 2.24) is 4.90 Å². The minimum absolute atomic E-state index is 0.164. The molecule has 0 spiro atoms. The quantitative estimate of drug-likeness (QED) is 0.608. The molecule has 0 aliphatic rings. The molecule has 1 aromatic rings. The molecule has 0 bridgehead atoms. The molecule has 0 radical (unpaired) electrons. The average Bonchev–Trinajstić information content (AvgIpc) is 2.50. The van der Waals surface area contributed by atoms with E-state index in [4.69, 9.17) is 9.47 Å². The Morgan fingerprint density at radius 1 is 1.33 bits per heavy atom. The van der Waals surface area contributed by atoms with E-state index in [1.54, 1.807) is 45.3 Å². The van der Waals surface area contributed by atoms with E-state index in [0.717, 1.165) is 0 Å². The molecule has 0 atom stereocenters. The van der Waals surface area contributed by atoms with Crippen LogP contribution >= 0.6 is 0 Å². The smallest absolute Gasteiger partial charge is 0.307 e. The lowest BCUT2D eigenvalue weighted by Gasteiger charge is -2.12. The molecule has 1 amide bonds. The zero-order valence-electron chi connectivity index (χ0n) is 12.5. The number of carbonyl (C=O) groups is 2. The van der Waals surface area contributed by atoms with E-state index in [9.17, 15) is 9.59 Å². The van der Waals surface area contributed by atoms with Crippen LogP contribution in [0, 0.1) is 11.8 Å². The zero-order chi connectivity index (χ0) is 15.7. The Morgan fingerprint density at radius 3 is 2.76 bits per heavy atom. The summed E-state index contributed by atoms with van der Waals surface area (Å²) in [6, 6.07) is 7.15. The number of carbonyl (C=O) groups excluding carboxylic acids is 2. The van der Waals surface area contributed by atoms with Crippen LogP contribution in [0.3, 0.4) is 0 Å². The maximum atomic E-state index is 11.8. The number of nitrogens with zero attached hydrogens (tertiary/aromatic N) is 1. The fourth-order valence-corrected chi connectivity index (χ4v) is 1.52. The van der Waals surface area contributed by atoms with E-state index in [1.165, 1.54) is 4.90 Å². The second-order valence-corrected chi connectivity index (χ2v) is 4.26. The fourth-order valence-electron chi connectivity index (χ4n) is 1.52. The van der Waals surface area contributed by atoms with Gasteiger partial charge in [-0.1, -0.05) is 12.0 Å². The molecular weight excluding hydrogens is 270 g/mol. The highest BCUT2D eigenvalue weighted by molar-refractivity contribution is 5.94. The number of hydrogen-bond donors (Lipinski definition) is 0. The van der Waals surface area contributed by atoms with Crippen molar-refractivity contribution in [2.45, 2.75) is 13.3 Å². The molecule has 5 heteroatoms. The van der Waals surface area contributed by atoms with E-state index in [0.29, 0.717) is 17.9 Å². The van der Waals surface area contributed by atoms with E-state index in [-0.39, 0.29) is 24.8 Å². The first-order valence-electron chi connectivity index (χ1n) is 6.63. The first kappa shape index (κ1) is 16.6. The van der Waals surface area contributed by atoms with Crippen LogP contribution in [0.4, 0.5) is 0 Å². The molecule has 21 heavy (non-hydrogen) atoms. The first-order chi connectivity index (χ1) is 10.1. The molecule has 0 N–H and O–H groups in total. The van der Waals surface area contributed by atoms with Gasteiger partial charge in [0, 0.05) is 25.1 Å². The second-order valence-electron chi connectivity index (χ2n) is 4.26. The summed E-state index contributed by atoms with van der Waals surface area (Å²) in [5.74, 6) is 5.33. The normalized spacial score (nSPS) is 9.29. The highest BCUT2D eigenvalue weighted by Gasteiger charge is 2.08. The van der Waals surface area contributed by atoms with Gasteiger partial charge in [0.1, 0.15) is 5.75 Å². The van der Waals surface area contributed by atoms with Gasteiger partial charge in [-0.15, -0.1) is 0 Å². The summed E-state index contributed by atoms with van der Waals surface area (Å²) >= 11 is 0. The Kier molecular flexibility index (Phi) is 6.82. The number of methoxy groups -OCH3 is 1. The van der Waals surface area contributed by atoms with Crippen molar-refractivity contribution in [3.63, 3.8) is 0 Å². The van der Waals surface area contributed by atoms with Gasteiger partial charge in [0.05, 0.1) is 20.1 Å². The van der Waals surface area contributed by atoms with E-state index in [1.807, 2.05) is 0 Å². The maximum absolute atomic E-state index is 11.8. The van der Waals surface area contributed by atoms with Crippen molar-refractivity contribution in [2.24, 2.45) is 0 Å². The van der Waals surface area contributed by atoms with Crippen LogP contribution in [0.15, 0.2) is 24.3 Å². The molecule has 0 unspecified atom stereocenters. The number of rotatable bonds is 5. The average molecular weight is 289 g/mol. The van der Waals surface area contributed by atoms with Crippen molar-refractivity contribution in [3.05, 3.63) is 29.8 Å². The third-order valence-electron chi connectivity index (χ3n) is 2.69. The van der Waals surface area contributed by atoms with Crippen LogP contribution in [0.25, 0.3) is 0 Å². The molecule has 0 saturated heterocycles. The third-order valence-corrected chi connectivity index (χ3v) is 2.69. The van der Waals surface area contributed by atoms with E-state index < -0.39 is 0 Å². The molecule has 0 fully saturated rings. The molecule has 0 saturated carbocycles. The largest absolute Gasteiger partial charge is 0.497 e. The summed E-state index contributed by atoms with van der Waals surface area (Å²) in [5, 5.41) is 0. The molecular formula is C16H19NO4. The minimum atomic E-state index is -0.345. The summed E-state index contributed by atoms with van der Waals surface area (Å²) in [5.41, 5.74) is 0.696. The predicted octanol–water partition coefficient (Wildman–Crippen LogP) is 1.46. The number of benzene rings is 1. The van der Waals surface area contributed by atoms with Gasteiger partial charge in [0.25, 0.3) is 5.91 Å². The van der Waals surface area contributed by atoms with Crippen LogP contribution in [0.5, 0.6) is 5.75 Å². The van der Waals surface area contributed by atoms with Crippen molar-refractivity contribution in [1.29, 1.82) is 0 Å². The van der Waals surface area contributed by atoms with Gasteiger partial charge in [0.15, 0.2) is 0 Å². The lowest BCUT2D eigenvalue weighted by Crippen LogP contribution is -2.28. The fraction of sp³-hybridized carbons (Fsp3) is 0.375. The second kappa shape index (κ2) is 8.64. The lowest BCUT2D eigenvalue weighted by molar-refractivity contribution is -0.143. The topological polar surface area (TPSA) is 55.8 Å². The molecule has 1 aromatic carbocycles. The van der Waals surface area contributed by atoms with Crippen LogP contribution in [0.2, 0.25) is 0 Å². The minimum Gasteiger partial charge on any atom is -0.497 e. The molecule has 112 valence electrons. The Morgan fingerprint density at radius 2 is 2.10 bits per heavy atom. The van der Waals surface area contributed by atoms with Gasteiger partial charge in [-0.3, -0.25) is 9.59 Å². The summed E-state index contributed by atoms with van der Waals surface area (Å²) in [6.45, 7) is 2.36. The van der Waals surface area contributed by atoms with E-state index >= 15 is 0 Å². The van der Waals surface area contributed by atoms with Crippen molar-refractivity contribution < 1.29 is 19.1 Å². The SMILES string of the molecule is CCOC(=O)CCN(C)C(=O)C#Cc1cccc(OC)c1. The molecule has 0 heterocycles. The zero-order valence-corrected chi connectivity index (χ0v) is 12.5. The van der Waals surface area contributed by atoms with E-state index in [2.05, 4.69) is 11.8 Å². The van der Waals surface area contributed by atoms with Crippen LogP contribution in [-0.4, -0.2) is 44.1 Å². The van der Waals surface area contributed by atoms with Gasteiger partial charge < -0.3 is 14.4 Å². The lowest BCUT2D eigenvalue weighted by atomic mass is 10.2. The van der Waals surface area contributed by atoms with Crippen molar-refractivity contribution in [3.8, 4) is 17.6 Å². The standard InChI is InChI=1S/C16H19NO4/c1-4-21-16(19)10-11-17(2)15(18)9-8-13-6-5-7-14(12-13)20-3/h5-7,12H,4,10-11H2,1-3H3. The summed E-state index contributed by atoms with van der Waals surface area (Å²) in [7, 11) is 3.17. The van der Waals surface area contributed by atoms with Gasteiger partial charge in [0.2, 0.25) is 0 Å². The Labute approximate surface area is 124 Å². The maximum Gasteiger partial charge on any atom is 0.307 e. The molecule has 0 aliphatic carbocycles. The van der Waals surface area contributed by atoms with Crippen molar-refractivity contribution >= 4 is 11.9 Å². The Hall–Kier alpha value is -2.48. The summed E-state index contributed by atoms with van der Waals surface area (Å²) in [4.78, 5) is 24.4. The summed E-state index contributed by atoms with van der Waals surface area (Å²) in [6.07, 6.45) is 0.164. The molecule has 5 nitrogen and oxygen atoms in total. The number of hydrogen-bond acceptors (Lipinski definition) is 4. The summed E-state index contributed by atoms with van der Waals surface area (Å²) < 4.78 is 9.88. The van der Waals surface area contributed by atoms with Gasteiger partial charge >= 0.3 is 5.97 Å².